The number of rotatable bonds is 7. The van der Waals surface area contributed by atoms with Gasteiger partial charge in [0.1, 0.15) is 6.54 Å². The molecular formula is C15H27N5OS. The average Bonchev–Trinajstić information content (AvgIpc) is 3.01. The number of aliphatic imine (C=N–C) groups is 1. The van der Waals surface area contributed by atoms with Crippen LogP contribution in [0.5, 0.6) is 0 Å². The van der Waals surface area contributed by atoms with Crippen molar-refractivity contribution in [2.45, 2.75) is 26.2 Å². The van der Waals surface area contributed by atoms with Crippen molar-refractivity contribution in [3.05, 3.63) is 16.6 Å². The Kier molecular flexibility index (Phi) is 7.87. The summed E-state index contributed by atoms with van der Waals surface area (Å²) < 4.78 is 0. The van der Waals surface area contributed by atoms with E-state index < -0.39 is 0 Å². The normalized spacial score (nSPS) is 12.9. The number of hydrogen-bond acceptors (Lipinski definition) is 4. The quantitative estimate of drug-likeness (QED) is 0.611. The summed E-state index contributed by atoms with van der Waals surface area (Å²) >= 11 is 1.67. The van der Waals surface area contributed by atoms with Crippen molar-refractivity contribution < 1.29 is 4.79 Å². The highest BCUT2D eigenvalue weighted by Gasteiger charge is 2.14. The Morgan fingerprint density at radius 2 is 2.18 bits per heavy atom. The predicted molar refractivity (Wildman–Crippen MR) is 92.4 cm³/mol. The van der Waals surface area contributed by atoms with Gasteiger partial charge in [0.25, 0.3) is 0 Å². The minimum Gasteiger partial charge on any atom is -0.356 e. The van der Waals surface area contributed by atoms with Crippen LogP contribution in [0.3, 0.4) is 0 Å². The third kappa shape index (κ3) is 6.01. The summed E-state index contributed by atoms with van der Waals surface area (Å²) in [7, 11) is 5.47. The number of nitrogens with one attached hydrogen (secondary N) is 1. The zero-order valence-electron chi connectivity index (χ0n) is 14.2. The second-order valence-corrected chi connectivity index (χ2v) is 6.43. The molecule has 6 nitrogen and oxygen atoms in total. The fraction of sp³-hybridized carbons (Fsp3) is 0.667. The first kappa shape index (κ1) is 18.4. The highest BCUT2D eigenvalue weighted by Crippen LogP contribution is 2.18. The molecule has 124 valence electrons. The fourth-order valence-electron chi connectivity index (χ4n) is 1.89. The first-order chi connectivity index (χ1) is 10.5. The van der Waals surface area contributed by atoms with Gasteiger partial charge in [-0.15, -0.1) is 11.3 Å². The van der Waals surface area contributed by atoms with Gasteiger partial charge in [-0.05, 0) is 6.42 Å². The van der Waals surface area contributed by atoms with Crippen LogP contribution >= 0.6 is 11.3 Å². The van der Waals surface area contributed by atoms with Gasteiger partial charge in [0.2, 0.25) is 5.91 Å². The number of aromatic nitrogens is 1. The maximum atomic E-state index is 11.7. The SMILES string of the molecule is CCCNC(=NCC(=O)N(C)C)N(C)CC(C)c1nccs1. The average molecular weight is 325 g/mol. The first-order valence-electron chi connectivity index (χ1n) is 7.54. The molecule has 0 spiro atoms. The van der Waals surface area contributed by atoms with E-state index in [1.165, 1.54) is 0 Å². The number of thiazole rings is 1. The molecule has 0 aliphatic heterocycles. The summed E-state index contributed by atoms with van der Waals surface area (Å²) in [6.07, 6.45) is 2.84. The molecule has 1 unspecified atom stereocenters. The second kappa shape index (κ2) is 9.40. The van der Waals surface area contributed by atoms with E-state index in [2.05, 4.69) is 34.0 Å². The molecule has 0 aliphatic carbocycles. The van der Waals surface area contributed by atoms with E-state index in [4.69, 9.17) is 0 Å². The van der Waals surface area contributed by atoms with Crippen LogP contribution in [0.2, 0.25) is 0 Å². The van der Waals surface area contributed by atoms with E-state index in [-0.39, 0.29) is 12.5 Å². The minimum absolute atomic E-state index is 0.00262. The lowest BCUT2D eigenvalue weighted by atomic mass is 10.2. The van der Waals surface area contributed by atoms with Crippen LogP contribution in [0.4, 0.5) is 0 Å². The molecule has 1 atom stereocenters. The Bertz CT molecular complexity index is 472. The lowest BCUT2D eigenvalue weighted by molar-refractivity contribution is -0.127. The number of guanidine groups is 1. The van der Waals surface area contributed by atoms with E-state index in [1.54, 1.807) is 30.3 Å². The summed E-state index contributed by atoms with van der Waals surface area (Å²) in [5.74, 6) is 1.08. The molecule has 1 aromatic rings. The van der Waals surface area contributed by atoms with Crippen molar-refractivity contribution in [2.24, 2.45) is 4.99 Å². The molecule has 1 aromatic heterocycles. The number of carbonyl (C=O) groups is 1. The number of nitrogens with zero attached hydrogens (tertiary/aromatic N) is 4. The van der Waals surface area contributed by atoms with Gasteiger partial charge in [0, 0.05) is 51.7 Å². The third-order valence-corrected chi connectivity index (χ3v) is 4.19. The molecule has 0 aliphatic rings. The Labute approximate surface area is 137 Å². The molecule has 0 saturated heterocycles. The molecule has 0 saturated carbocycles. The highest BCUT2D eigenvalue weighted by atomic mass is 32.1. The van der Waals surface area contributed by atoms with Crippen LogP contribution in [0, 0.1) is 0 Å². The first-order valence-corrected chi connectivity index (χ1v) is 8.42. The van der Waals surface area contributed by atoms with E-state index in [0.29, 0.717) is 5.92 Å². The molecule has 0 radical (unpaired) electrons. The van der Waals surface area contributed by atoms with Crippen molar-refractivity contribution in [1.82, 2.24) is 20.1 Å². The van der Waals surface area contributed by atoms with E-state index in [9.17, 15) is 4.79 Å². The topological polar surface area (TPSA) is 60.8 Å². The molecule has 7 heteroatoms. The van der Waals surface area contributed by atoms with Crippen LogP contribution in [0.25, 0.3) is 0 Å². The molecule has 22 heavy (non-hydrogen) atoms. The van der Waals surface area contributed by atoms with Crippen LogP contribution in [0.15, 0.2) is 16.6 Å². The van der Waals surface area contributed by atoms with Gasteiger partial charge in [0.15, 0.2) is 5.96 Å². The number of likely N-dealkylation sites (N-methyl/N-ethyl adjacent to an activating group) is 2. The molecule has 0 fully saturated rings. The minimum atomic E-state index is -0.00262. The van der Waals surface area contributed by atoms with Gasteiger partial charge in [-0.2, -0.15) is 0 Å². The second-order valence-electron chi connectivity index (χ2n) is 5.51. The standard InChI is InChI=1S/C15H27N5OS/c1-6-7-17-15(18-10-13(21)19(3)4)20(5)11-12(2)14-16-8-9-22-14/h8-9,12H,6-7,10-11H2,1-5H3,(H,17,18). The van der Waals surface area contributed by atoms with Crippen molar-refractivity contribution in [2.75, 3.05) is 40.8 Å². The maximum Gasteiger partial charge on any atom is 0.243 e. The monoisotopic (exact) mass is 325 g/mol. The summed E-state index contributed by atoms with van der Waals surface area (Å²) in [5.41, 5.74) is 0. The van der Waals surface area contributed by atoms with E-state index >= 15 is 0 Å². The van der Waals surface area contributed by atoms with Crippen LogP contribution in [-0.4, -0.2) is 67.4 Å². The molecule has 1 amide bonds. The molecule has 1 N–H and O–H groups in total. The Balaban J connectivity index is 2.68. The Morgan fingerprint density at radius 3 is 2.73 bits per heavy atom. The van der Waals surface area contributed by atoms with E-state index in [1.807, 2.05) is 18.6 Å². The largest absolute Gasteiger partial charge is 0.356 e. The van der Waals surface area contributed by atoms with Gasteiger partial charge in [-0.25, -0.2) is 9.98 Å². The van der Waals surface area contributed by atoms with Crippen LogP contribution in [-0.2, 0) is 4.79 Å². The van der Waals surface area contributed by atoms with Gasteiger partial charge in [0.05, 0.1) is 5.01 Å². The highest BCUT2D eigenvalue weighted by molar-refractivity contribution is 7.09. The van der Waals surface area contributed by atoms with Crippen molar-refractivity contribution >= 4 is 23.2 Å². The van der Waals surface area contributed by atoms with Crippen LogP contribution < -0.4 is 5.32 Å². The Morgan fingerprint density at radius 1 is 1.45 bits per heavy atom. The van der Waals surface area contributed by atoms with Crippen molar-refractivity contribution in [3.63, 3.8) is 0 Å². The lowest BCUT2D eigenvalue weighted by Gasteiger charge is -2.25. The van der Waals surface area contributed by atoms with E-state index in [0.717, 1.165) is 30.5 Å². The number of hydrogen-bond donors (Lipinski definition) is 1. The Hall–Kier alpha value is -1.63. The smallest absolute Gasteiger partial charge is 0.243 e. The molecule has 0 aromatic carbocycles. The molecule has 0 bridgehead atoms. The zero-order valence-corrected chi connectivity index (χ0v) is 15.0. The summed E-state index contributed by atoms with van der Waals surface area (Å²) in [4.78, 5) is 24.1. The van der Waals surface area contributed by atoms with Gasteiger partial charge < -0.3 is 15.1 Å². The zero-order chi connectivity index (χ0) is 16.5. The van der Waals surface area contributed by atoms with Gasteiger partial charge >= 0.3 is 0 Å². The number of carbonyl (C=O) groups excluding carboxylic acids is 1. The van der Waals surface area contributed by atoms with Gasteiger partial charge in [-0.1, -0.05) is 13.8 Å². The van der Waals surface area contributed by atoms with Gasteiger partial charge in [-0.3, -0.25) is 4.79 Å². The molecule has 1 rings (SSSR count). The summed E-state index contributed by atoms with van der Waals surface area (Å²) in [6.45, 7) is 6.06. The fourth-order valence-corrected chi connectivity index (χ4v) is 2.58. The van der Waals surface area contributed by atoms with Crippen molar-refractivity contribution in [1.29, 1.82) is 0 Å². The molecule has 1 heterocycles. The lowest BCUT2D eigenvalue weighted by Crippen LogP contribution is -2.41. The predicted octanol–water partition coefficient (Wildman–Crippen LogP) is 1.62. The third-order valence-electron chi connectivity index (χ3n) is 3.18. The molecular weight excluding hydrogens is 298 g/mol. The summed E-state index contributed by atoms with van der Waals surface area (Å²) in [6, 6.07) is 0. The van der Waals surface area contributed by atoms with Crippen LogP contribution in [0.1, 0.15) is 31.2 Å². The maximum absolute atomic E-state index is 11.7. The summed E-state index contributed by atoms with van der Waals surface area (Å²) in [5, 5.41) is 6.41. The van der Waals surface area contributed by atoms with Crippen molar-refractivity contribution in [3.8, 4) is 0 Å². The number of amides is 1.